The fourth-order valence-electron chi connectivity index (χ4n) is 1.93. The Bertz CT molecular complexity index is 291. The second kappa shape index (κ2) is 6.59. The van der Waals surface area contributed by atoms with Crippen LogP contribution in [0.4, 0.5) is 0 Å². The van der Waals surface area contributed by atoms with Gasteiger partial charge in [-0.2, -0.15) is 0 Å². The van der Waals surface area contributed by atoms with E-state index in [0.29, 0.717) is 24.8 Å². The summed E-state index contributed by atoms with van der Waals surface area (Å²) in [7, 11) is 0. The van der Waals surface area contributed by atoms with Gasteiger partial charge in [0.1, 0.15) is 6.61 Å². The average molecular weight is 242 g/mol. The van der Waals surface area contributed by atoms with Gasteiger partial charge < -0.3 is 15.6 Å². The Morgan fingerprint density at radius 1 is 1.71 bits per heavy atom. The summed E-state index contributed by atoms with van der Waals surface area (Å²) in [5.74, 6) is 0.149. The second-order valence-corrected chi connectivity index (χ2v) is 4.66. The van der Waals surface area contributed by atoms with Crippen molar-refractivity contribution >= 4 is 11.9 Å². The Kier molecular flexibility index (Phi) is 5.41. The van der Waals surface area contributed by atoms with E-state index < -0.39 is 5.97 Å². The Hall–Kier alpha value is -1.10. The maximum absolute atomic E-state index is 10.5. The van der Waals surface area contributed by atoms with E-state index in [4.69, 9.17) is 15.6 Å². The monoisotopic (exact) mass is 242 g/mol. The number of hydrogen-bond donors (Lipinski definition) is 2. The van der Waals surface area contributed by atoms with E-state index >= 15 is 0 Å². The number of aliphatic imine (C=N–C) groups is 1. The Morgan fingerprint density at radius 2 is 2.41 bits per heavy atom. The number of ether oxygens (including phenoxy) is 1. The molecule has 5 nitrogen and oxygen atoms in total. The molecule has 0 bridgehead atoms. The molecule has 1 rings (SSSR count). The average Bonchev–Trinajstić information content (AvgIpc) is 2.74. The number of hydrogen-bond acceptors (Lipinski definition) is 4. The summed E-state index contributed by atoms with van der Waals surface area (Å²) in [5, 5.41) is 8.59. The normalized spacial score (nSPS) is 22.8. The zero-order valence-electron chi connectivity index (χ0n) is 10.6. The lowest BCUT2D eigenvalue weighted by Crippen LogP contribution is -2.37. The van der Waals surface area contributed by atoms with Crippen LogP contribution in [0.3, 0.4) is 0 Å². The molecule has 0 radical (unpaired) electrons. The molecule has 1 aliphatic heterocycles. The highest BCUT2D eigenvalue weighted by atomic mass is 16.5. The van der Waals surface area contributed by atoms with Crippen molar-refractivity contribution in [2.75, 3.05) is 6.61 Å². The molecule has 3 unspecified atom stereocenters. The van der Waals surface area contributed by atoms with E-state index in [1.807, 2.05) is 0 Å². The third-order valence-electron chi connectivity index (χ3n) is 3.07. The fraction of sp³-hybridized carbons (Fsp3) is 0.833. The zero-order chi connectivity index (χ0) is 12.8. The predicted molar refractivity (Wildman–Crippen MR) is 66.1 cm³/mol. The Balaban J connectivity index is 2.44. The van der Waals surface area contributed by atoms with E-state index in [-0.39, 0.29) is 18.5 Å². The van der Waals surface area contributed by atoms with Gasteiger partial charge in [-0.3, -0.25) is 4.79 Å². The fourth-order valence-corrected chi connectivity index (χ4v) is 1.93. The molecule has 3 atom stereocenters. The SMILES string of the molecule is CCCC(C)C(N)C1=NC(CCC(=O)O)CO1. The number of nitrogens with two attached hydrogens (primary N) is 1. The molecule has 0 aromatic rings. The van der Waals surface area contributed by atoms with Crippen LogP contribution in [0.5, 0.6) is 0 Å². The Morgan fingerprint density at radius 3 is 3.00 bits per heavy atom. The van der Waals surface area contributed by atoms with E-state index in [2.05, 4.69) is 18.8 Å². The molecule has 0 saturated carbocycles. The first-order chi connectivity index (χ1) is 8.04. The van der Waals surface area contributed by atoms with Crippen LogP contribution >= 0.6 is 0 Å². The molecule has 0 spiro atoms. The topological polar surface area (TPSA) is 84.9 Å². The third-order valence-corrected chi connectivity index (χ3v) is 3.07. The minimum atomic E-state index is -0.794. The standard InChI is InChI=1S/C12H22N2O3/c1-3-4-8(2)11(13)12-14-9(7-17-12)5-6-10(15)16/h8-9,11H,3-7,13H2,1-2H3,(H,15,16). The number of rotatable bonds is 7. The maximum Gasteiger partial charge on any atom is 0.303 e. The summed E-state index contributed by atoms with van der Waals surface area (Å²) in [6, 6.07) is -0.203. The van der Waals surface area contributed by atoms with Gasteiger partial charge in [0.05, 0.1) is 12.1 Å². The van der Waals surface area contributed by atoms with Crippen molar-refractivity contribution in [2.24, 2.45) is 16.6 Å². The largest absolute Gasteiger partial charge is 0.481 e. The van der Waals surface area contributed by atoms with E-state index in [0.717, 1.165) is 12.8 Å². The summed E-state index contributed by atoms with van der Waals surface area (Å²) in [6.45, 7) is 4.68. The Labute approximate surface area is 102 Å². The molecule has 0 fully saturated rings. The highest BCUT2D eigenvalue weighted by Gasteiger charge is 2.26. The summed E-state index contributed by atoms with van der Waals surface area (Å²) < 4.78 is 5.46. The molecule has 0 aromatic carbocycles. The first kappa shape index (κ1) is 14.0. The van der Waals surface area contributed by atoms with Crippen LogP contribution in [0.1, 0.15) is 39.5 Å². The molecule has 0 aromatic heterocycles. The van der Waals surface area contributed by atoms with Gasteiger partial charge in [0.2, 0.25) is 5.90 Å². The first-order valence-corrected chi connectivity index (χ1v) is 6.22. The van der Waals surface area contributed by atoms with E-state index in [9.17, 15) is 4.79 Å². The summed E-state index contributed by atoms with van der Waals surface area (Å²) in [5.41, 5.74) is 6.05. The van der Waals surface area contributed by atoms with Crippen LogP contribution in [0.25, 0.3) is 0 Å². The molecule has 0 amide bonds. The van der Waals surface area contributed by atoms with Crippen LogP contribution in [0, 0.1) is 5.92 Å². The molecule has 5 heteroatoms. The van der Waals surface area contributed by atoms with Gasteiger partial charge in [-0.1, -0.05) is 20.3 Å². The van der Waals surface area contributed by atoms with Gasteiger partial charge >= 0.3 is 5.97 Å². The number of nitrogens with zero attached hydrogens (tertiary/aromatic N) is 1. The van der Waals surface area contributed by atoms with Gasteiger partial charge in [-0.25, -0.2) is 4.99 Å². The zero-order valence-corrected chi connectivity index (χ0v) is 10.6. The smallest absolute Gasteiger partial charge is 0.303 e. The molecule has 3 N–H and O–H groups in total. The van der Waals surface area contributed by atoms with Gasteiger partial charge in [0.15, 0.2) is 0 Å². The lowest BCUT2D eigenvalue weighted by molar-refractivity contribution is -0.137. The van der Waals surface area contributed by atoms with Gasteiger partial charge in [0, 0.05) is 6.42 Å². The summed E-state index contributed by atoms with van der Waals surface area (Å²) >= 11 is 0. The highest BCUT2D eigenvalue weighted by molar-refractivity contribution is 5.83. The van der Waals surface area contributed by atoms with Crippen molar-refractivity contribution in [3.05, 3.63) is 0 Å². The van der Waals surface area contributed by atoms with Crippen LogP contribution in [0.15, 0.2) is 4.99 Å². The molecule has 0 aliphatic carbocycles. The van der Waals surface area contributed by atoms with Crippen molar-refractivity contribution in [3.8, 4) is 0 Å². The highest BCUT2D eigenvalue weighted by Crippen LogP contribution is 2.17. The van der Waals surface area contributed by atoms with Crippen LogP contribution < -0.4 is 5.73 Å². The van der Waals surface area contributed by atoms with Gasteiger partial charge in [-0.15, -0.1) is 0 Å². The molecule has 1 aliphatic rings. The number of carbonyl (C=O) groups is 1. The quantitative estimate of drug-likeness (QED) is 0.707. The minimum absolute atomic E-state index is 0.0408. The van der Waals surface area contributed by atoms with Crippen molar-refractivity contribution in [2.45, 2.75) is 51.6 Å². The number of carboxylic acids is 1. The molecular formula is C12H22N2O3. The first-order valence-electron chi connectivity index (χ1n) is 6.22. The maximum atomic E-state index is 10.5. The van der Waals surface area contributed by atoms with Crippen molar-refractivity contribution < 1.29 is 14.6 Å². The van der Waals surface area contributed by atoms with Crippen LogP contribution in [-0.4, -0.2) is 35.7 Å². The lowest BCUT2D eigenvalue weighted by Gasteiger charge is -2.18. The van der Waals surface area contributed by atoms with Crippen molar-refractivity contribution in [1.29, 1.82) is 0 Å². The lowest BCUT2D eigenvalue weighted by atomic mass is 9.97. The van der Waals surface area contributed by atoms with Crippen molar-refractivity contribution in [1.82, 2.24) is 0 Å². The van der Waals surface area contributed by atoms with Crippen LogP contribution in [0.2, 0.25) is 0 Å². The van der Waals surface area contributed by atoms with Gasteiger partial charge in [0.25, 0.3) is 0 Å². The predicted octanol–water partition coefficient (Wildman–Crippen LogP) is 1.41. The number of aliphatic carboxylic acids is 1. The molecule has 98 valence electrons. The van der Waals surface area contributed by atoms with Crippen molar-refractivity contribution in [3.63, 3.8) is 0 Å². The summed E-state index contributed by atoms with van der Waals surface area (Å²) in [6.07, 6.45) is 2.78. The molecule has 1 heterocycles. The van der Waals surface area contributed by atoms with Crippen LogP contribution in [-0.2, 0) is 9.53 Å². The third kappa shape index (κ3) is 4.34. The number of carboxylic acid groups (broad SMARTS) is 1. The minimum Gasteiger partial charge on any atom is -0.481 e. The second-order valence-electron chi connectivity index (χ2n) is 4.66. The molecule has 17 heavy (non-hydrogen) atoms. The summed E-state index contributed by atoms with van der Waals surface area (Å²) in [4.78, 5) is 14.8. The van der Waals surface area contributed by atoms with E-state index in [1.54, 1.807) is 0 Å². The molecular weight excluding hydrogens is 220 g/mol. The van der Waals surface area contributed by atoms with E-state index in [1.165, 1.54) is 0 Å². The van der Waals surface area contributed by atoms with Gasteiger partial charge in [-0.05, 0) is 18.8 Å². The molecule has 0 saturated heterocycles.